The Morgan fingerprint density at radius 1 is 1.15 bits per heavy atom. The van der Waals surface area contributed by atoms with Gasteiger partial charge in [0.15, 0.2) is 11.6 Å². The third-order valence-corrected chi connectivity index (χ3v) is 11.9. The van der Waals surface area contributed by atoms with Crippen molar-refractivity contribution in [2.24, 2.45) is 17.3 Å². The molecule has 1 fully saturated rings. The molecule has 26 heavy (non-hydrogen) atoms. The molecule has 0 unspecified atom stereocenters. The Labute approximate surface area is 159 Å². The Kier molecular flexibility index (Phi) is 4.66. The predicted molar refractivity (Wildman–Crippen MR) is 107 cm³/mol. The summed E-state index contributed by atoms with van der Waals surface area (Å²) in [6.07, 6.45) is 6.48. The van der Waals surface area contributed by atoms with E-state index >= 15 is 0 Å². The fourth-order valence-electron chi connectivity index (χ4n) is 4.86. The molecule has 4 heteroatoms. The summed E-state index contributed by atoms with van der Waals surface area (Å²) in [5.74, 6) is 1.25. The van der Waals surface area contributed by atoms with Gasteiger partial charge in [0, 0.05) is 17.8 Å². The summed E-state index contributed by atoms with van der Waals surface area (Å²) in [6.45, 7) is 15.1. The minimum Gasteiger partial charge on any atom is -0.547 e. The lowest BCUT2D eigenvalue weighted by atomic mass is 9.52. The van der Waals surface area contributed by atoms with Gasteiger partial charge >= 0.3 is 0 Å². The average molecular weight is 375 g/mol. The molecule has 0 spiro atoms. The van der Waals surface area contributed by atoms with Gasteiger partial charge in [-0.25, -0.2) is 0 Å². The van der Waals surface area contributed by atoms with Crippen LogP contribution in [0.2, 0.25) is 18.1 Å². The van der Waals surface area contributed by atoms with Crippen LogP contribution >= 0.6 is 0 Å². The maximum atomic E-state index is 13.2. The molecule has 0 aromatic rings. The zero-order valence-corrected chi connectivity index (χ0v) is 18.5. The number of carbonyl (C=O) groups excluding carboxylic acids is 2. The highest BCUT2D eigenvalue weighted by atomic mass is 28.4. The van der Waals surface area contributed by atoms with E-state index in [9.17, 15) is 9.59 Å². The first-order valence-electron chi connectivity index (χ1n) is 10.1. The molecule has 0 aromatic carbocycles. The number of carbonyl (C=O) groups is 2. The van der Waals surface area contributed by atoms with E-state index in [0.717, 1.165) is 31.4 Å². The van der Waals surface area contributed by atoms with Crippen molar-refractivity contribution in [2.75, 3.05) is 0 Å². The van der Waals surface area contributed by atoms with Crippen LogP contribution in [-0.2, 0) is 14.0 Å². The zero-order valence-electron chi connectivity index (χ0n) is 17.5. The van der Waals surface area contributed by atoms with E-state index in [1.807, 2.05) is 6.92 Å². The quantitative estimate of drug-likeness (QED) is 0.593. The lowest BCUT2D eigenvalue weighted by molar-refractivity contribution is -0.141. The molecule has 0 amide bonds. The SMILES string of the molecule is CC1=CC(=O)[C@H]2CC(O[Si](C)(C)C(C)(C)C)=C3CCCC[C@H]3[C@@]2(C)C1=O. The normalized spacial score (nSPS) is 32.8. The van der Waals surface area contributed by atoms with Crippen LogP contribution in [0, 0.1) is 17.3 Å². The Bertz CT molecular complexity index is 707. The summed E-state index contributed by atoms with van der Waals surface area (Å²) < 4.78 is 6.75. The van der Waals surface area contributed by atoms with Crippen LogP contribution in [-0.4, -0.2) is 19.9 Å². The largest absolute Gasteiger partial charge is 0.547 e. The number of allylic oxidation sites excluding steroid dienone is 4. The van der Waals surface area contributed by atoms with Crippen molar-refractivity contribution in [1.29, 1.82) is 0 Å². The Morgan fingerprint density at radius 2 is 1.81 bits per heavy atom. The monoisotopic (exact) mass is 374 g/mol. The van der Waals surface area contributed by atoms with Crippen molar-refractivity contribution in [3.63, 3.8) is 0 Å². The summed E-state index contributed by atoms with van der Waals surface area (Å²) >= 11 is 0. The molecule has 0 saturated heterocycles. The average Bonchev–Trinajstić information content (AvgIpc) is 2.54. The van der Waals surface area contributed by atoms with Gasteiger partial charge in [-0.05, 0) is 67.5 Å². The van der Waals surface area contributed by atoms with E-state index in [1.54, 1.807) is 13.0 Å². The highest BCUT2D eigenvalue weighted by molar-refractivity contribution is 6.74. The number of fused-ring (bicyclic) bond motifs is 3. The smallest absolute Gasteiger partial charge is 0.250 e. The van der Waals surface area contributed by atoms with Gasteiger partial charge in [-0.2, -0.15) is 0 Å². The molecule has 3 aliphatic rings. The molecule has 3 aliphatic carbocycles. The fourth-order valence-corrected chi connectivity index (χ4v) is 6.00. The van der Waals surface area contributed by atoms with Crippen LogP contribution in [0.1, 0.15) is 66.7 Å². The molecule has 0 bridgehead atoms. The molecule has 144 valence electrons. The van der Waals surface area contributed by atoms with Gasteiger partial charge < -0.3 is 4.43 Å². The van der Waals surface area contributed by atoms with Crippen LogP contribution in [0.25, 0.3) is 0 Å². The van der Waals surface area contributed by atoms with Gasteiger partial charge in [-0.3, -0.25) is 9.59 Å². The third kappa shape index (κ3) is 2.85. The van der Waals surface area contributed by atoms with E-state index < -0.39 is 13.7 Å². The Morgan fingerprint density at radius 3 is 2.42 bits per heavy atom. The lowest BCUT2D eigenvalue weighted by Gasteiger charge is -2.51. The standard InChI is InChI=1S/C22H34O3Si/c1-14-12-18(23)17-13-19(25-26(6,7)21(2,3)4)15-10-8-9-11-16(15)22(17,5)20(14)24/h12,16-17H,8-11,13H2,1-7H3/t16-,17-,22-/m1/s1. The second kappa shape index (κ2) is 6.18. The molecule has 0 heterocycles. The molecule has 0 aromatic heterocycles. The summed E-state index contributed by atoms with van der Waals surface area (Å²) in [7, 11) is -1.97. The van der Waals surface area contributed by atoms with Crippen molar-refractivity contribution in [2.45, 2.75) is 84.9 Å². The van der Waals surface area contributed by atoms with E-state index in [2.05, 4.69) is 33.9 Å². The Balaban J connectivity index is 2.08. The van der Waals surface area contributed by atoms with Gasteiger partial charge in [0.05, 0.1) is 5.76 Å². The second-order valence-corrected chi connectivity index (χ2v) is 14.9. The zero-order chi connectivity index (χ0) is 19.5. The molecule has 0 radical (unpaired) electrons. The van der Waals surface area contributed by atoms with Crippen molar-refractivity contribution >= 4 is 19.9 Å². The lowest BCUT2D eigenvalue weighted by Crippen LogP contribution is -2.53. The first-order valence-corrected chi connectivity index (χ1v) is 13.0. The van der Waals surface area contributed by atoms with Crippen LogP contribution in [0.3, 0.4) is 0 Å². The van der Waals surface area contributed by atoms with Crippen LogP contribution in [0.15, 0.2) is 23.0 Å². The van der Waals surface area contributed by atoms with Crippen LogP contribution in [0.4, 0.5) is 0 Å². The Hall–Kier alpha value is -1.16. The number of rotatable bonds is 2. The fraction of sp³-hybridized carbons (Fsp3) is 0.727. The molecule has 3 rings (SSSR count). The van der Waals surface area contributed by atoms with Gasteiger partial charge in [-0.15, -0.1) is 0 Å². The number of Topliss-reactive ketones (excluding diaryl/α,β-unsaturated/α-hetero) is 1. The summed E-state index contributed by atoms with van der Waals surface area (Å²) in [5, 5.41) is 0.119. The van der Waals surface area contributed by atoms with E-state index in [1.165, 1.54) is 5.57 Å². The third-order valence-electron chi connectivity index (χ3n) is 7.54. The van der Waals surface area contributed by atoms with E-state index in [4.69, 9.17) is 4.43 Å². The number of hydrogen-bond acceptors (Lipinski definition) is 3. The van der Waals surface area contributed by atoms with E-state index in [-0.39, 0.29) is 28.4 Å². The molecule has 3 atom stereocenters. The molecule has 1 saturated carbocycles. The van der Waals surface area contributed by atoms with Crippen LogP contribution < -0.4 is 0 Å². The predicted octanol–water partition coefficient (Wildman–Crippen LogP) is 5.58. The van der Waals surface area contributed by atoms with Gasteiger partial charge in [0.1, 0.15) is 0 Å². The van der Waals surface area contributed by atoms with E-state index in [0.29, 0.717) is 12.0 Å². The number of ketones is 2. The highest BCUT2D eigenvalue weighted by Gasteiger charge is 2.57. The molecular formula is C22H34O3Si. The molecule has 0 N–H and O–H groups in total. The second-order valence-electron chi connectivity index (χ2n) is 10.2. The molecular weight excluding hydrogens is 340 g/mol. The highest BCUT2D eigenvalue weighted by Crippen LogP contribution is 2.57. The number of hydrogen-bond donors (Lipinski definition) is 0. The molecule has 3 nitrogen and oxygen atoms in total. The van der Waals surface area contributed by atoms with Crippen molar-refractivity contribution in [3.8, 4) is 0 Å². The van der Waals surface area contributed by atoms with Crippen molar-refractivity contribution in [1.82, 2.24) is 0 Å². The van der Waals surface area contributed by atoms with Crippen molar-refractivity contribution in [3.05, 3.63) is 23.0 Å². The molecule has 0 aliphatic heterocycles. The maximum Gasteiger partial charge on any atom is 0.250 e. The first kappa shape index (κ1) is 19.6. The summed E-state index contributed by atoms with van der Waals surface area (Å²) in [4.78, 5) is 26.0. The van der Waals surface area contributed by atoms with Gasteiger partial charge in [0.2, 0.25) is 8.32 Å². The minimum atomic E-state index is -1.97. The van der Waals surface area contributed by atoms with Gasteiger partial charge in [-0.1, -0.05) is 34.1 Å². The van der Waals surface area contributed by atoms with Crippen molar-refractivity contribution < 1.29 is 14.0 Å². The summed E-state index contributed by atoms with van der Waals surface area (Å²) in [6, 6.07) is 0. The maximum absolute atomic E-state index is 13.2. The van der Waals surface area contributed by atoms with Gasteiger partial charge in [0.25, 0.3) is 0 Å². The topological polar surface area (TPSA) is 43.4 Å². The minimum absolute atomic E-state index is 0.116. The van der Waals surface area contributed by atoms with Crippen LogP contribution in [0.5, 0.6) is 0 Å². The first-order chi connectivity index (χ1) is 11.9. The summed E-state index contributed by atoms with van der Waals surface area (Å²) in [5.41, 5.74) is 1.40.